The lowest BCUT2D eigenvalue weighted by Gasteiger charge is -2.32. The number of hydrogen-bond acceptors (Lipinski definition) is 3. The van der Waals surface area contributed by atoms with E-state index in [1.165, 1.54) is 0 Å². The number of nitrogens with zero attached hydrogens (tertiary/aromatic N) is 3. The lowest BCUT2D eigenvalue weighted by Crippen LogP contribution is -2.40. The molecular formula is C23H30Cl2N4O. The van der Waals surface area contributed by atoms with Crippen molar-refractivity contribution in [1.82, 2.24) is 19.8 Å². The van der Waals surface area contributed by atoms with E-state index in [4.69, 9.17) is 4.98 Å². The largest absolute Gasteiger partial charge is 0.339 e. The van der Waals surface area contributed by atoms with Crippen LogP contribution >= 0.6 is 24.8 Å². The number of likely N-dealkylation sites (tertiary alicyclic amines) is 1. The predicted octanol–water partition coefficient (Wildman–Crippen LogP) is 4.64. The molecule has 1 saturated heterocycles. The summed E-state index contributed by atoms with van der Waals surface area (Å²) in [6.07, 6.45) is 2.14. The number of amides is 1. The summed E-state index contributed by atoms with van der Waals surface area (Å²) in [6, 6.07) is 16.1. The maximum atomic E-state index is 13.0. The van der Waals surface area contributed by atoms with Gasteiger partial charge in [-0.15, -0.1) is 24.8 Å². The molecule has 1 N–H and O–H groups in total. The Bertz CT molecular complexity index is 966. The van der Waals surface area contributed by atoms with Crippen LogP contribution in [-0.4, -0.2) is 46.5 Å². The number of benzene rings is 2. The maximum absolute atomic E-state index is 13.0. The lowest BCUT2D eigenvalue weighted by molar-refractivity contribution is 0.0690. The number of rotatable bonds is 5. The zero-order chi connectivity index (χ0) is 19.5. The average molecular weight is 449 g/mol. The Morgan fingerprint density at radius 2 is 1.80 bits per heavy atom. The van der Waals surface area contributed by atoms with Gasteiger partial charge in [-0.25, -0.2) is 4.98 Å². The van der Waals surface area contributed by atoms with Crippen molar-refractivity contribution < 1.29 is 4.79 Å². The highest BCUT2D eigenvalue weighted by Gasteiger charge is 2.24. The number of aryl methyl sites for hydroxylation is 1. The van der Waals surface area contributed by atoms with E-state index in [9.17, 15) is 4.79 Å². The van der Waals surface area contributed by atoms with Crippen molar-refractivity contribution in [2.24, 2.45) is 5.92 Å². The van der Waals surface area contributed by atoms with Crippen molar-refractivity contribution in [3.63, 3.8) is 0 Å². The van der Waals surface area contributed by atoms with Crippen LogP contribution in [0.5, 0.6) is 0 Å². The Morgan fingerprint density at radius 3 is 2.47 bits per heavy atom. The molecule has 0 atom stereocenters. The normalized spacial score (nSPS) is 14.3. The number of aromatic nitrogens is 2. The number of piperidine rings is 1. The van der Waals surface area contributed by atoms with Gasteiger partial charge in [-0.3, -0.25) is 9.36 Å². The zero-order valence-corrected chi connectivity index (χ0v) is 19.1. The van der Waals surface area contributed by atoms with Gasteiger partial charge in [-0.1, -0.05) is 25.1 Å². The molecule has 7 heteroatoms. The third-order valence-corrected chi connectivity index (χ3v) is 5.67. The van der Waals surface area contributed by atoms with E-state index in [0.717, 1.165) is 67.1 Å². The van der Waals surface area contributed by atoms with Crippen LogP contribution in [0.15, 0.2) is 48.5 Å². The molecule has 5 nitrogen and oxygen atoms in total. The summed E-state index contributed by atoms with van der Waals surface area (Å²) in [5, 5.41) is 3.42. The summed E-state index contributed by atoms with van der Waals surface area (Å²) < 4.78 is 2.13. The van der Waals surface area contributed by atoms with Crippen LogP contribution in [0.2, 0.25) is 0 Å². The van der Waals surface area contributed by atoms with Crippen LogP contribution in [-0.2, 0) is 0 Å². The first-order valence-corrected chi connectivity index (χ1v) is 10.2. The van der Waals surface area contributed by atoms with Crippen molar-refractivity contribution in [1.29, 1.82) is 0 Å². The summed E-state index contributed by atoms with van der Waals surface area (Å²) in [7, 11) is 0. The van der Waals surface area contributed by atoms with E-state index in [1.54, 1.807) is 0 Å². The zero-order valence-electron chi connectivity index (χ0n) is 17.5. The minimum atomic E-state index is 0. The molecule has 0 aliphatic carbocycles. The molecule has 4 rings (SSSR count). The van der Waals surface area contributed by atoms with Gasteiger partial charge >= 0.3 is 0 Å². The third kappa shape index (κ3) is 4.97. The monoisotopic (exact) mass is 448 g/mol. The number of para-hydroxylation sites is 1. The highest BCUT2D eigenvalue weighted by molar-refractivity contribution is 5.97. The molecule has 0 spiro atoms. The molecule has 1 amide bonds. The fourth-order valence-electron chi connectivity index (χ4n) is 4.11. The molecule has 2 aromatic carbocycles. The summed E-state index contributed by atoms with van der Waals surface area (Å²) >= 11 is 0. The number of imidazole rings is 1. The van der Waals surface area contributed by atoms with Gasteiger partial charge in [0.25, 0.3) is 5.91 Å². The first-order valence-electron chi connectivity index (χ1n) is 10.2. The number of fused-ring (bicyclic) bond motifs is 1. The van der Waals surface area contributed by atoms with E-state index in [1.807, 2.05) is 48.2 Å². The van der Waals surface area contributed by atoms with Crippen LogP contribution in [0.4, 0.5) is 0 Å². The predicted molar refractivity (Wildman–Crippen MR) is 127 cm³/mol. The number of halogens is 2. The van der Waals surface area contributed by atoms with Gasteiger partial charge in [0, 0.05) is 24.3 Å². The number of carbonyl (C=O) groups excluding carboxylic acids is 1. The SMILES string of the molecule is CCNCC1CCN(C(=O)c2ccc3c(c2)nc(C)n3-c2ccccc2)CC1.Cl.Cl. The number of nitrogens with one attached hydrogen (secondary N) is 1. The molecule has 162 valence electrons. The maximum Gasteiger partial charge on any atom is 0.253 e. The summed E-state index contributed by atoms with van der Waals surface area (Å²) in [5.74, 6) is 1.72. The summed E-state index contributed by atoms with van der Waals surface area (Å²) in [5.41, 5.74) is 3.72. The molecule has 1 aliphatic rings. The molecule has 3 aromatic rings. The number of carbonyl (C=O) groups is 1. The smallest absolute Gasteiger partial charge is 0.253 e. The fourth-order valence-corrected chi connectivity index (χ4v) is 4.11. The fraction of sp³-hybridized carbons (Fsp3) is 0.391. The van der Waals surface area contributed by atoms with Gasteiger partial charge in [0.15, 0.2) is 0 Å². The molecule has 0 radical (unpaired) electrons. The molecule has 1 aromatic heterocycles. The van der Waals surface area contributed by atoms with E-state index >= 15 is 0 Å². The Balaban J connectivity index is 0.00000160. The van der Waals surface area contributed by atoms with E-state index in [2.05, 4.69) is 28.9 Å². The van der Waals surface area contributed by atoms with Crippen LogP contribution < -0.4 is 5.32 Å². The first-order chi connectivity index (χ1) is 13.7. The van der Waals surface area contributed by atoms with Gasteiger partial charge in [0.05, 0.1) is 11.0 Å². The van der Waals surface area contributed by atoms with Crippen molar-refractivity contribution >= 4 is 41.8 Å². The molecular weight excluding hydrogens is 419 g/mol. The molecule has 0 bridgehead atoms. The standard InChI is InChI=1S/C23H28N4O.2ClH/c1-3-24-16-18-11-13-26(14-12-18)23(28)19-9-10-22-21(15-19)25-17(2)27(22)20-7-5-4-6-8-20;;/h4-10,15,18,24H,3,11-14,16H2,1-2H3;2*1H. The van der Waals surface area contributed by atoms with Gasteiger partial charge in [0.1, 0.15) is 5.82 Å². The van der Waals surface area contributed by atoms with Crippen LogP contribution in [0.3, 0.4) is 0 Å². The van der Waals surface area contributed by atoms with Gasteiger partial charge < -0.3 is 10.2 Å². The summed E-state index contributed by atoms with van der Waals surface area (Å²) in [4.78, 5) is 19.7. The Hall–Kier alpha value is -2.08. The molecule has 1 aliphatic heterocycles. The van der Waals surface area contributed by atoms with Crippen molar-refractivity contribution in [3.05, 3.63) is 59.9 Å². The molecule has 30 heavy (non-hydrogen) atoms. The second-order valence-electron chi connectivity index (χ2n) is 7.58. The van der Waals surface area contributed by atoms with Crippen LogP contribution in [0.1, 0.15) is 35.9 Å². The highest BCUT2D eigenvalue weighted by atomic mass is 35.5. The Labute approximate surface area is 190 Å². The van der Waals surface area contributed by atoms with Crippen molar-refractivity contribution in [3.8, 4) is 5.69 Å². The van der Waals surface area contributed by atoms with Crippen LogP contribution in [0, 0.1) is 12.8 Å². The minimum Gasteiger partial charge on any atom is -0.339 e. The average Bonchev–Trinajstić information content (AvgIpc) is 3.07. The van der Waals surface area contributed by atoms with Crippen molar-refractivity contribution in [2.45, 2.75) is 26.7 Å². The molecule has 2 heterocycles. The highest BCUT2D eigenvalue weighted by Crippen LogP contribution is 2.24. The van der Waals surface area contributed by atoms with Gasteiger partial charge in [0.2, 0.25) is 0 Å². The third-order valence-electron chi connectivity index (χ3n) is 5.67. The van der Waals surface area contributed by atoms with Gasteiger partial charge in [-0.05, 0) is 69.1 Å². The van der Waals surface area contributed by atoms with E-state index < -0.39 is 0 Å². The molecule has 1 fully saturated rings. The second kappa shape index (κ2) is 10.8. The first kappa shape index (κ1) is 24.2. The topological polar surface area (TPSA) is 50.2 Å². The second-order valence-corrected chi connectivity index (χ2v) is 7.58. The van der Waals surface area contributed by atoms with Gasteiger partial charge in [-0.2, -0.15) is 0 Å². The van der Waals surface area contributed by atoms with E-state index in [-0.39, 0.29) is 30.7 Å². The lowest BCUT2D eigenvalue weighted by atomic mass is 9.96. The van der Waals surface area contributed by atoms with Crippen molar-refractivity contribution in [2.75, 3.05) is 26.2 Å². The summed E-state index contributed by atoms with van der Waals surface area (Å²) in [6.45, 7) is 7.88. The van der Waals surface area contributed by atoms with Crippen LogP contribution in [0.25, 0.3) is 16.7 Å². The Kier molecular flexibility index (Phi) is 8.71. The molecule has 0 saturated carbocycles. The Morgan fingerprint density at radius 1 is 1.10 bits per heavy atom. The number of hydrogen-bond donors (Lipinski definition) is 1. The minimum absolute atomic E-state index is 0. The van der Waals surface area contributed by atoms with E-state index in [0.29, 0.717) is 5.92 Å². The quantitative estimate of drug-likeness (QED) is 0.618. The molecule has 0 unspecified atom stereocenters.